The molecule has 0 aliphatic heterocycles. The molecule has 0 heterocycles. The van der Waals surface area contributed by atoms with E-state index in [1.165, 1.54) is 12.1 Å². The van der Waals surface area contributed by atoms with Gasteiger partial charge in [-0.1, -0.05) is 30.3 Å². The number of carbonyl (C=O) groups is 1. The number of ketones is 1. The van der Waals surface area contributed by atoms with E-state index < -0.39 is 24.8 Å². The molecule has 0 amide bonds. The molecule has 4 heteroatoms. The van der Waals surface area contributed by atoms with Crippen molar-refractivity contribution in [2.24, 2.45) is 0 Å². The van der Waals surface area contributed by atoms with Crippen LogP contribution >= 0.6 is 0 Å². The summed E-state index contributed by atoms with van der Waals surface area (Å²) in [5, 5.41) is 0. The average Bonchev–Trinajstić information content (AvgIpc) is 2.17. The second-order valence-electron chi connectivity index (χ2n) is 2.92. The monoisotopic (exact) mass is 202 g/mol. The molecule has 76 valence electrons. The predicted octanol–water partition coefficient (Wildman–Crippen LogP) is 2.40. The molecule has 0 saturated heterocycles. The van der Waals surface area contributed by atoms with Crippen molar-refractivity contribution >= 4 is 5.78 Å². The summed E-state index contributed by atoms with van der Waals surface area (Å²) in [6.07, 6.45) is -0.739. The SMILES string of the molecule is O=C(CF)C(F)(F)Cc1ccccc1. The Hall–Kier alpha value is -1.32. The van der Waals surface area contributed by atoms with E-state index in [1.807, 2.05) is 0 Å². The number of alkyl halides is 3. The van der Waals surface area contributed by atoms with Gasteiger partial charge in [-0.3, -0.25) is 4.79 Å². The van der Waals surface area contributed by atoms with E-state index >= 15 is 0 Å². The lowest BCUT2D eigenvalue weighted by molar-refractivity contribution is -0.143. The van der Waals surface area contributed by atoms with Gasteiger partial charge in [-0.25, -0.2) is 4.39 Å². The summed E-state index contributed by atoms with van der Waals surface area (Å²) in [5.74, 6) is -5.27. The Morgan fingerprint density at radius 2 is 1.79 bits per heavy atom. The molecule has 0 aromatic heterocycles. The Morgan fingerprint density at radius 1 is 1.21 bits per heavy atom. The van der Waals surface area contributed by atoms with Crippen molar-refractivity contribution in [3.63, 3.8) is 0 Å². The number of Topliss-reactive ketones (excluding diaryl/α,β-unsaturated/α-hetero) is 1. The van der Waals surface area contributed by atoms with Gasteiger partial charge in [-0.2, -0.15) is 8.78 Å². The van der Waals surface area contributed by atoms with Gasteiger partial charge in [-0.05, 0) is 5.56 Å². The molecule has 0 radical (unpaired) electrons. The fourth-order valence-corrected chi connectivity index (χ4v) is 1.05. The maximum atomic E-state index is 12.9. The molecule has 1 aromatic carbocycles. The number of halogens is 3. The number of benzene rings is 1. The molecule has 0 aliphatic rings. The Balaban J connectivity index is 2.73. The predicted molar refractivity (Wildman–Crippen MR) is 46.1 cm³/mol. The van der Waals surface area contributed by atoms with Crippen molar-refractivity contribution in [2.45, 2.75) is 12.3 Å². The summed E-state index contributed by atoms with van der Waals surface area (Å²) in [4.78, 5) is 10.5. The van der Waals surface area contributed by atoms with Crippen molar-refractivity contribution in [3.8, 4) is 0 Å². The van der Waals surface area contributed by atoms with E-state index in [0.717, 1.165) is 0 Å². The fourth-order valence-electron chi connectivity index (χ4n) is 1.05. The number of hydrogen-bond donors (Lipinski definition) is 0. The zero-order chi connectivity index (χ0) is 10.6. The zero-order valence-corrected chi connectivity index (χ0v) is 7.34. The fraction of sp³-hybridized carbons (Fsp3) is 0.300. The van der Waals surface area contributed by atoms with Crippen molar-refractivity contribution in [1.29, 1.82) is 0 Å². The molecule has 1 rings (SSSR count). The minimum Gasteiger partial charge on any atom is -0.290 e. The summed E-state index contributed by atoms with van der Waals surface area (Å²) in [7, 11) is 0. The number of hydrogen-bond acceptors (Lipinski definition) is 1. The van der Waals surface area contributed by atoms with Crippen LogP contribution in [0.2, 0.25) is 0 Å². The van der Waals surface area contributed by atoms with Crippen LogP contribution < -0.4 is 0 Å². The van der Waals surface area contributed by atoms with Crippen LogP contribution in [-0.4, -0.2) is 18.4 Å². The standard InChI is InChI=1S/C10H9F3O/c11-7-9(14)10(12,13)6-8-4-2-1-3-5-8/h1-5H,6-7H2. The van der Waals surface area contributed by atoms with Gasteiger partial charge in [0, 0.05) is 6.42 Å². The number of rotatable bonds is 4. The van der Waals surface area contributed by atoms with E-state index in [4.69, 9.17) is 0 Å². The van der Waals surface area contributed by atoms with Gasteiger partial charge in [-0.15, -0.1) is 0 Å². The first-order chi connectivity index (χ1) is 6.56. The molecule has 14 heavy (non-hydrogen) atoms. The molecule has 0 unspecified atom stereocenters. The van der Waals surface area contributed by atoms with Gasteiger partial charge in [0.1, 0.15) is 0 Å². The first-order valence-corrected chi connectivity index (χ1v) is 4.07. The maximum absolute atomic E-state index is 12.9. The van der Waals surface area contributed by atoms with E-state index in [-0.39, 0.29) is 0 Å². The van der Waals surface area contributed by atoms with Gasteiger partial charge in [0.15, 0.2) is 6.67 Å². The van der Waals surface area contributed by atoms with Crippen LogP contribution in [-0.2, 0) is 11.2 Å². The summed E-state index contributed by atoms with van der Waals surface area (Å²) >= 11 is 0. The molecule has 1 aromatic rings. The third-order valence-electron chi connectivity index (χ3n) is 1.80. The van der Waals surface area contributed by atoms with Gasteiger partial charge >= 0.3 is 5.92 Å². The van der Waals surface area contributed by atoms with Gasteiger partial charge in [0.2, 0.25) is 5.78 Å². The summed E-state index contributed by atoms with van der Waals surface area (Å²) < 4.78 is 37.6. The normalized spacial score (nSPS) is 11.4. The van der Waals surface area contributed by atoms with Crippen LogP contribution in [0.15, 0.2) is 30.3 Å². The van der Waals surface area contributed by atoms with Crippen molar-refractivity contribution in [2.75, 3.05) is 6.67 Å². The average molecular weight is 202 g/mol. The van der Waals surface area contributed by atoms with Crippen molar-refractivity contribution in [1.82, 2.24) is 0 Å². The molecule has 0 saturated carbocycles. The van der Waals surface area contributed by atoms with E-state index in [1.54, 1.807) is 18.2 Å². The van der Waals surface area contributed by atoms with E-state index in [0.29, 0.717) is 5.56 Å². The second kappa shape index (κ2) is 4.26. The minimum absolute atomic E-state index is 0.319. The Kier molecular flexibility index (Phi) is 3.28. The lowest BCUT2D eigenvalue weighted by atomic mass is 10.0. The first-order valence-electron chi connectivity index (χ1n) is 4.07. The van der Waals surface area contributed by atoms with Crippen LogP contribution in [0.25, 0.3) is 0 Å². The Morgan fingerprint density at radius 3 is 2.29 bits per heavy atom. The lowest BCUT2D eigenvalue weighted by Crippen LogP contribution is -2.32. The molecule has 0 aliphatic carbocycles. The second-order valence-corrected chi connectivity index (χ2v) is 2.92. The highest BCUT2D eigenvalue weighted by Crippen LogP contribution is 2.21. The van der Waals surface area contributed by atoms with Crippen molar-refractivity contribution < 1.29 is 18.0 Å². The topological polar surface area (TPSA) is 17.1 Å². The third kappa shape index (κ3) is 2.58. The maximum Gasteiger partial charge on any atom is 0.311 e. The van der Waals surface area contributed by atoms with Crippen LogP contribution in [0.4, 0.5) is 13.2 Å². The highest BCUT2D eigenvalue weighted by Gasteiger charge is 2.38. The number of carbonyl (C=O) groups excluding carboxylic acids is 1. The van der Waals surface area contributed by atoms with Crippen molar-refractivity contribution in [3.05, 3.63) is 35.9 Å². The quantitative estimate of drug-likeness (QED) is 0.732. The highest BCUT2D eigenvalue weighted by atomic mass is 19.3. The van der Waals surface area contributed by atoms with Crippen LogP contribution in [0, 0.1) is 0 Å². The van der Waals surface area contributed by atoms with Gasteiger partial charge in [0.05, 0.1) is 0 Å². The van der Waals surface area contributed by atoms with Crippen LogP contribution in [0.1, 0.15) is 5.56 Å². The van der Waals surface area contributed by atoms with Gasteiger partial charge in [0.25, 0.3) is 0 Å². The molecule has 0 fully saturated rings. The molecule has 1 nitrogen and oxygen atoms in total. The Labute approximate surface area is 79.5 Å². The molecular formula is C10H9F3O. The zero-order valence-electron chi connectivity index (χ0n) is 7.34. The summed E-state index contributed by atoms with van der Waals surface area (Å²) in [5.41, 5.74) is 0.319. The van der Waals surface area contributed by atoms with Crippen LogP contribution in [0.3, 0.4) is 0 Å². The Bertz CT molecular complexity index is 308. The molecular weight excluding hydrogens is 193 g/mol. The van der Waals surface area contributed by atoms with Crippen LogP contribution in [0.5, 0.6) is 0 Å². The molecule has 0 atom stereocenters. The minimum atomic E-state index is -3.60. The summed E-state index contributed by atoms with van der Waals surface area (Å²) in [6.45, 7) is -1.63. The largest absolute Gasteiger partial charge is 0.311 e. The molecule has 0 spiro atoms. The molecule has 0 bridgehead atoms. The lowest BCUT2D eigenvalue weighted by Gasteiger charge is -2.12. The third-order valence-corrected chi connectivity index (χ3v) is 1.80. The highest BCUT2D eigenvalue weighted by molar-refractivity contribution is 5.86. The van der Waals surface area contributed by atoms with E-state index in [9.17, 15) is 18.0 Å². The molecule has 0 N–H and O–H groups in total. The van der Waals surface area contributed by atoms with Gasteiger partial charge < -0.3 is 0 Å². The smallest absolute Gasteiger partial charge is 0.290 e. The van der Waals surface area contributed by atoms with E-state index in [2.05, 4.69) is 0 Å². The first kappa shape index (κ1) is 10.8. The summed E-state index contributed by atoms with van der Waals surface area (Å²) in [6, 6.07) is 7.80.